The molecule has 0 aliphatic carbocycles. The molecule has 1 heterocycles. The Hall–Kier alpha value is -0.560. The number of hydrogen-bond donors (Lipinski definition) is 1. The lowest BCUT2D eigenvalue weighted by atomic mass is 10.1. The van der Waals surface area contributed by atoms with Gasteiger partial charge in [0.2, 0.25) is 0 Å². The average molecular weight is 312 g/mol. The molecule has 1 aromatic carbocycles. The summed E-state index contributed by atoms with van der Waals surface area (Å²) in [6.45, 7) is 5.29. The molecule has 3 nitrogen and oxygen atoms in total. The maximum Gasteiger partial charge on any atom is 0.179 e. The van der Waals surface area contributed by atoms with Crippen molar-refractivity contribution in [3.8, 4) is 0 Å². The van der Waals surface area contributed by atoms with E-state index in [2.05, 4.69) is 53.6 Å². The smallest absolute Gasteiger partial charge is 0.179 e. The minimum atomic E-state index is 0.397. The van der Waals surface area contributed by atoms with Crippen LogP contribution in [0, 0.1) is 0 Å². The van der Waals surface area contributed by atoms with Crippen LogP contribution in [-0.4, -0.2) is 23.0 Å². The van der Waals surface area contributed by atoms with Crippen LogP contribution >= 0.6 is 34.9 Å². The molecule has 1 aromatic heterocycles. The summed E-state index contributed by atoms with van der Waals surface area (Å²) in [7, 11) is 0. The van der Waals surface area contributed by atoms with Gasteiger partial charge in [-0.1, -0.05) is 53.9 Å². The minimum absolute atomic E-state index is 0.397. The van der Waals surface area contributed by atoms with Crippen LogP contribution in [0.15, 0.2) is 37.8 Å². The van der Waals surface area contributed by atoms with E-state index in [-0.39, 0.29) is 0 Å². The van der Waals surface area contributed by atoms with E-state index in [0.29, 0.717) is 6.04 Å². The van der Waals surface area contributed by atoms with Crippen LogP contribution in [0.4, 0.5) is 0 Å². The topological polar surface area (TPSA) is 37.8 Å². The van der Waals surface area contributed by atoms with Crippen molar-refractivity contribution in [1.82, 2.24) is 15.5 Å². The fourth-order valence-corrected chi connectivity index (χ4v) is 4.08. The molecule has 1 atom stereocenters. The molecule has 1 unspecified atom stereocenters. The van der Waals surface area contributed by atoms with E-state index in [0.717, 1.165) is 15.2 Å². The molecule has 0 fully saturated rings. The van der Waals surface area contributed by atoms with Crippen LogP contribution in [0.1, 0.15) is 25.5 Å². The molecule has 0 amide bonds. The minimum Gasteiger partial charge on any atom is -0.310 e. The fraction of sp³-hybridized carbons (Fsp3) is 0.385. The lowest BCUT2D eigenvalue weighted by Gasteiger charge is -2.12. The highest BCUT2D eigenvalue weighted by atomic mass is 32.2. The van der Waals surface area contributed by atoms with E-state index in [1.165, 1.54) is 10.5 Å². The summed E-state index contributed by atoms with van der Waals surface area (Å²) >= 11 is 4.94. The highest BCUT2D eigenvalue weighted by molar-refractivity contribution is 8.03. The number of hydrogen-bond acceptors (Lipinski definition) is 6. The maximum absolute atomic E-state index is 4.17. The number of nitrogens with zero attached hydrogens (tertiary/aromatic N) is 2. The first-order chi connectivity index (χ1) is 9.22. The number of thioether (sulfide) groups is 1. The second-order valence-electron chi connectivity index (χ2n) is 3.99. The highest BCUT2D eigenvalue weighted by Gasteiger charge is 2.07. The van der Waals surface area contributed by atoms with Crippen LogP contribution < -0.4 is 5.32 Å². The molecule has 0 saturated carbocycles. The van der Waals surface area contributed by atoms with Gasteiger partial charge in [0, 0.05) is 10.9 Å². The quantitative estimate of drug-likeness (QED) is 0.814. The molecular weight excluding hydrogens is 294 g/mol. The van der Waals surface area contributed by atoms with Crippen molar-refractivity contribution in [2.24, 2.45) is 0 Å². The monoisotopic (exact) mass is 311 g/mol. The summed E-state index contributed by atoms with van der Waals surface area (Å²) in [5.41, 5.74) is 1.31. The fourth-order valence-electron chi connectivity index (χ4n) is 1.67. The predicted molar refractivity (Wildman–Crippen MR) is 84.3 cm³/mol. The molecule has 0 spiro atoms. The molecular formula is C13H17N3S3. The summed E-state index contributed by atoms with van der Waals surface area (Å²) < 4.78 is 2.01. The third-order valence-corrected chi connectivity index (χ3v) is 5.62. The summed E-state index contributed by atoms with van der Waals surface area (Å²) in [6.07, 6.45) is 2.02. The predicted octanol–water partition coefficient (Wildman–Crippen LogP) is 4.08. The Bertz CT molecular complexity index is 510. The molecule has 0 aliphatic rings. The SMILES string of the molecule is CCNC(C)c1ccc(Sc2nnc(SC)s2)cc1. The van der Waals surface area contributed by atoms with Crippen molar-refractivity contribution >= 4 is 34.9 Å². The number of rotatable bonds is 6. The van der Waals surface area contributed by atoms with Crippen molar-refractivity contribution in [1.29, 1.82) is 0 Å². The second-order valence-corrected chi connectivity index (χ2v) is 7.34. The second kappa shape index (κ2) is 7.28. The van der Waals surface area contributed by atoms with E-state index in [4.69, 9.17) is 0 Å². The largest absolute Gasteiger partial charge is 0.310 e. The molecule has 19 heavy (non-hydrogen) atoms. The summed E-state index contributed by atoms with van der Waals surface area (Å²) in [5.74, 6) is 0. The third-order valence-electron chi connectivity index (χ3n) is 2.66. The maximum atomic E-state index is 4.17. The van der Waals surface area contributed by atoms with E-state index < -0.39 is 0 Å². The molecule has 2 rings (SSSR count). The Morgan fingerprint density at radius 3 is 2.47 bits per heavy atom. The summed E-state index contributed by atoms with van der Waals surface area (Å²) in [6, 6.07) is 9.04. The van der Waals surface area contributed by atoms with E-state index in [1.807, 2.05) is 6.26 Å². The first-order valence-electron chi connectivity index (χ1n) is 6.11. The molecule has 2 aromatic rings. The molecule has 6 heteroatoms. The lowest BCUT2D eigenvalue weighted by molar-refractivity contribution is 0.598. The molecule has 0 bridgehead atoms. The molecule has 1 N–H and O–H groups in total. The normalized spacial score (nSPS) is 12.6. The zero-order chi connectivity index (χ0) is 13.7. The number of aromatic nitrogens is 2. The lowest BCUT2D eigenvalue weighted by Crippen LogP contribution is -2.17. The van der Waals surface area contributed by atoms with Crippen LogP contribution in [0.2, 0.25) is 0 Å². The molecule has 0 saturated heterocycles. The first kappa shape index (κ1) is 14.8. The van der Waals surface area contributed by atoms with Gasteiger partial charge in [0.1, 0.15) is 0 Å². The van der Waals surface area contributed by atoms with Crippen LogP contribution in [0.25, 0.3) is 0 Å². The highest BCUT2D eigenvalue weighted by Crippen LogP contribution is 2.33. The Morgan fingerprint density at radius 2 is 1.89 bits per heavy atom. The van der Waals surface area contributed by atoms with Crippen molar-refractivity contribution < 1.29 is 0 Å². The van der Waals surface area contributed by atoms with Gasteiger partial charge in [-0.15, -0.1) is 10.2 Å². The third kappa shape index (κ3) is 4.21. The van der Waals surface area contributed by atoms with Gasteiger partial charge < -0.3 is 5.32 Å². The van der Waals surface area contributed by atoms with E-state index in [1.54, 1.807) is 34.9 Å². The first-order valence-corrected chi connectivity index (χ1v) is 8.97. The van der Waals surface area contributed by atoms with Crippen LogP contribution in [-0.2, 0) is 0 Å². The van der Waals surface area contributed by atoms with Gasteiger partial charge in [-0.3, -0.25) is 0 Å². The summed E-state index contributed by atoms with van der Waals surface area (Å²) in [4.78, 5) is 1.20. The van der Waals surface area contributed by atoms with Gasteiger partial charge in [-0.25, -0.2) is 0 Å². The zero-order valence-electron chi connectivity index (χ0n) is 11.2. The van der Waals surface area contributed by atoms with E-state index >= 15 is 0 Å². The Kier molecular flexibility index (Phi) is 5.69. The summed E-state index contributed by atoms with van der Waals surface area (Å²) in [5, 5.41) is 11.7. The Labute approximate surface area is 126 Å². The van der Waals surface area contributed by atoms with Crippen molar-refractivity contribution in [2.75, 3.05) is 12.8 Å². The standard InChI is InChI=1S/C13H17N3S3/c1-4-14-9(2)10-5-7-11(8-6-10)18-13-16-15-12(17-3)19-13/h5-9,14H,4H2,1-3H3. The Morgan fingerprint density at radius 1 is 1.21 bits per heavy atom. The van der Waals surface area contributed by atoms with Crippen molar-refractivity contribution in [3.63, 3.8) is 0 Å². The van der Waals surface area contributed by atoms with E-state index in [9.17, 15) is 0 Å². The Balaban J connectivity index is 2.02. The van der Waals surface area contributed by atoms with Gasteiger partial charge in [0.15, 0.2) is 8.68 Å². The van der Waals surface area contributed by atoms with Gasteiger partial charge in [0.05, 0.1) is 0 Å². The number of nitrogens with one attached hydrogen (secondary N) is 1. The van der Waals surface area contributed by atoms with Gasteiger partial charge in [0.25, 0.3) is 0 Å². The van der Waals surface area contributed by atoms with Gasteiger partial charge in [-0.05, 0) is 37.4 Å². The van der Waals surface area contributed by atoms with Gasteiger partial charge >= 0.3 is 0 Å². The molecule has 102 valence electrons. The molecule has 0 radical (unpaired) electrons. The van der Waals surface area contributed by atoms with Crippen LogP contribution in [0.3, 0.4) is 0 Å². The zero-order valence-corrected chi connectivity index (χ0v) is 13.7. The molecule has 0 aliphatic heterocycles. The van der Waals surface area contributed by atoms with Crippen LogP contribution in [0.5, 0.6) is 0 Å². The van der Waals surface area contributed by atoms with Crippen molar-refractivity contribution in [3.05, 3.63) is 29.8 Å². The number of benzene rings is 1. The average Bonchev–Trinajstić information content (AvgIpc) is 2.87. The van der Waals surface area contributed by atoms with Gasteiger partial charge in [-0.2, -0.15) is 0 Å². The van der Waals surface area contributed by atoms with Crippen molar-refractivity contribution in [2.45, 2.75) is 33.5 Å².